The van der Waals surface area contributed by atoms with Crippen LogP contribution in [-0.4, -0.2) is 40.1 Å². The van der Waals surface area contributed by atoms with Crippen molar-refractivity contribution in [2.75, 3.05) is 18.8 Å². The van der Waals surface area contributed by atoms with Crippen LogP contribution in [0.4, 0.5) is 0 Å². The molecule has 1 aromatic heterocycles. The van der Waals surface area contributed by atoms with Crippen molar-refractivity contribution in [3.05, 3.63) is 21.9 Å². The number of nitrogens with zero attached hydrogens (tertiary/aromatic N) is 1. The van der Waals surface area contributed by atoms with Crippen LogP contribution >= 0.6 is 23.1 Å². The van der Waals surface area contributed by atoms with Crippen molar-refractivity contribution in [3.8, 4) is 0 Å². The minimum absolute atomic E-state index is 0.443. The second kappa shape index (κ2) is 5.89. The fourth-order valence-corrected chi connectivity index (χ4v) is 4.11. The molecule has 2 rings (SSSR count). The summed E-state index contributed by atoms with van der Waals surface area (Å²) < 4.78 is 0. The van der Waals surface area contributed by atoms with E-state index < -0.39 is 5.97 Å². The van der Waals surface area contributed by atoms with Crippen LogP contribution < -0.4 is 0 Å². The summed E-state index contributed by atoms with van der Waals surface area (Å²) in [6.45, 7) is 5.37. The van der Waals surface area contributed by atoms with Gasteiger partial charge in [0.15, 0.2) is 0 Å². The van der Waals surface area contributed by atoms with Gasteiger partial charge in [0.05, 0.1) is 0 Å². The molecular weight excluding hydrogens is 254 g/mol. The van der Waals surface area contributed by atoms with Crippen LogP contribution in [-0.2, 0) is 6.54 Å². The van der Waals surface area contributed by atoms with E-state index in [1.54, 1.807) is 6.07 Å². The lowest BCUT2D eigenvalue weighted by molar-refractivity contribution is 0.0702. The molecule has 0 aromatic carbocycles. The number of carboxylic acids is 1. The molecule has 17 heavy (non-hydrogen) atoms. The molecule has 1 atom stereocenters. The van der Waals surface area contributed by atoms with Crippen molar-refractivity contribution in [1.29, 1.82) is 0 Å². The third-order valence-corrected chi connectivity index (χ3v) is 5.36. The number of aromatic carboxylic acids is 1. The molecule has 0 aliphatic carbocycles. The number of hydrogen-bond acceptors (Lipinski definition) is 4. The Morgan fingerprint density at radius 3 is 3.06 bits per heavy atom. The van der Waals surface area contributed by atoms with Crippen molar-refractivity contribution in [1.82, 2.24) is 4.90 Å². The summed E-state index contributed by atoms with van der Waals surface area (Å²) in [4.78, 5) is 14.8. The Balaban J connectivity index is 1.93. The van der Waals surface area contributed by atoms with Crippen molar-refractivity contribution in [3.63, 3.8) is 0 Å². The molecule has 0 radical (unpaired) electrons. The molecule has 0 saturated carbocycles. The van der Waals surface area contributed by atoms with Gasteiger partial charge in [0.25, 0.3) is 0 Å². The zero-order valence-corrected chi connectivity index (χ0v) is 11.5. The lowest BCUT2D eigenvalue weighted by Crippen LogP contribution is -2.36. The summed E-state index contributed by atoms with van der Waals surface area (Å²) in [5, 5.41) is 9.62. The van der Waals surface area contributed by atoms with Gasteiger partial charge < -0.3 is 5.11 Å². The number of thioether (sulfide) groups is 1. The zero-order valence-electron chi connectivity index (χ0n) is 9.89. The Bertz CT molecular complexity index is 392. The van der Waals surface area contributed by atoms with Crippen LogP contribution in [0.1, 0.15) is 27.9 Å². The molecular formula is C12H17NO2S2. The van der Waals surface area contributed by atoms with Gasteiger partial charge in [0.2, 0.25) is 0 Å². The highest BCUT2D eigenvalue weighted by molar-refractivity contribution is 8.00. The van der Waals surface area contributed by atoms with Gasteiger partial charge in [-0.25, -0.2) is 4.79 Å². The number of thiophene rings is 1. The first-order chi connectivity index (χ1) is 8.19. The van der Waals surface area contributed by atoms with Crippen LogP contribution in [0.2, 0.25) is 0 Å². The number of hydrogen-bond donors (Lipinski definition) is 1. The monoisotopic (exact) mass is 271 g/mol. The number of carbonyl (C=O) groups is 1. The highest BCUT2D eigenvalue weighted by atomic mass is 32.2. The van der Waals surface area contributed by atoms with Crippen LogP contribution in [0.3, 0.4) is 0 Å². The first-order valence-corrected chi connectivity index (χ1v) is 7.71. The molecule has 94 valence electrons. The second-order valence-electron chi connectivity index (χ2n) is 4.21. The molecule has 2 heterocycles. The highest BCUT2D eigenvalue weighted by Gasteiger charge is 2.19. The quantitative estimate of drug-likeness (QED) is 0.914. The van der Waals surface area contributed by atoms with Crippen molar-refractivity contribution in [2.24, 2.45) is 0 Å². The van der Waals surface area contributed by atoms with E-state index in [4.69, 9.17) is 5.11 Å². The Hall–Kier alpha value is -0.520. The van der Waals surface area contributed by atoms with Gasteiger partial charge in [-0.3, -0.25) is 4.90 Å². The Kier molecular flexibility index (Phi) is 4.48. The first kappa shape index (κ1) is 12.9. The summed E-state index contributed by atoms with van der Waals surface area (Å²) in [7, 11) is 0. The maximum atomic E-state index is 10.8. The van der Waals surface area contributed by atoms with Crippen molar-refractivity contribution >= 4 is 29.1 Å². The van der Waals surface area contributed by atoms with Gasteiger partial charge in [-0.15, -0.1) is 11.3 Å². The van der Waals surface area contributed by atoms with E-state index in [2.05, 4.69) is 23.6 Å². The van der Waals surface area contributed by atoms with E-state index in [0.29, 0.717) is 4.88 Å². The van der Waals surface area contributed by atoms with E-state index in [1.807, 2.05) is 6.07 Å². The second-order valence-corrected chi connectivity index (χ2v) is 6.78. The highest BCUT2D eigenvalue weighted by Crippen LogP contribution is 2.24. The zero-order chi connectivity index (χ0) is 12.3. The van der Waals surface area contributed by atoms with Gasteiger partial charge in [-0.1, -0.05) is 6.92 Å². The fourth-order valence-electron chi connectivity index (χ4n) is 1.97. The van der Waals surface area contributed by atoms with E-state index in [1.165, 1.54) is 23.5 Å². The van der Waals surface area contributed by atoms with E-state index in [0.717, 1.165) is 29.8 Å². The molecule has 5 heteroatoms. The minimum Gasteiger partial charge on any atom is -0.477 e. The van der Waals surface area contributed by atoms with Gasteiger partial charge in [0, 0.05) is 35.5 Å². The predicted molar refractivity (Wildman–Crippen MR) is 73.1 cm³/mol. The number of carboxylic acid groups (broad SMARTS) is 1. The average Bonchev–Trinajstić information content (AvgIpc) is 2.78. The van der Waals surface area contributed by atoms with Crippen LogP contribution in [0.15, 0.2) is 12.1 Å². The minimum atomic E-state index is -0.818. The average molecular weight is 271 g/mol. The van der Waals surface area contributed by atoms with Crippen LogP contribution in [0.25, 0.3) is 0 Å². The molecule has 3 nitrogen and oxygen atoms in total. The Morgan fingerprint density at radius 2 is 2.41 bits per heavy atom. The molecule has 1 fully saturated rings. The first-order valence-electron chi connectivity index (χ1n) is 5.85. The Labute approximate surface area is 110 Å². The van der Waals surface area contributed by atoms with Gasteiger partial charge >= 0.3 is 5.97 Å². The summed E-state index contributed by atoms with van der Waals surface area (Å²) >= 11 is 3.45. The molecule has 1 aliphatic rings. The summed E-state index contributed by atoms with van der Waals surface area (Å²) in [5.41, 5.74) is 0. The lowest BCUT2D eigenvalue weighted by Gasteiger charge is -2.31. The largest absolute Gasteiger partial charge is 0.477 e. The van der Waals surface area contributed by atoms with E-state index in [9.17, 15) is 4.79 Å². The number of rotatable bonds is 4. The Morgan fingerprint density at radius 1 is 1.59 bits per heavy atom. The third kappa shape index (κ3) is 3.47. The standard InChI is InChI=1S/C12H17NO2S2/c1-2-9-7-13(5-6-16-9)8-10-3-4-11(17-10)12(14)15/h3-4,9H,2,5-8H2,1H3,(H,14,15). The summed E-state index contributed by atoms with van der Waals surface area (Å²) in [6.07, 6.45) is 1.21. The van der Waals surface area contributed by atoms with Gasteiger partial charge in [0.1, 0.15) is 4.88 Å². The van der Waals surface area contributed by atoms with Gasteiger partial charge in [-0.05, 0) is 18.6 Å². The third-order valence-electron chi connectivity index (χ3n) is 2.93. The molecule has 0 amide bonds. The molecule has 0 bridgehead atoms. The van der Waals surface area contributed by atoms with E-state index in [-0.39, 0.29) is 0 Å². The van der Waals surface area contributed by atoms with E-state index >= 15 is 0 Å². The molecule has 1 saturated heterocycles. The topological polar surface area (TPSA) is 40.5 Å². The fraction of sp³-hybridized carbons (Fsp3) is 0.583. The molecule has 1 unspecified atom stereocenters. The predicted octanol–water partition coefficient (Wildman–Crippen LogP) is 2.77. The summed E-state index contributed by atoms with van der Waals surface area (Å²) in [5.74, 6) is 0.372. The normalized spacial score (nSPS) is 21.6. The maximum Gasteiger partial charge on any atom is 0.345 e. The molecule has 1 N–H and O–H groups in total. The van der Waals surface area contributed by atoms with Gasteiger partial charge in [-0.2, -0.15) is 11.8 Å². The molecule has 1 aliphatic heterocycles. The van der Waals surface area contributed by atoms with Crippen molar-refractivity contribution < 1.29 is 9.90 Å². The van der Waals surface area contributed by atoms with Crippen molar-refractivity contribution in [2.45, 2.75) is 25.1 Å². The summed E-state index contributed by atoms with van der Waals surface area (Å²) in [6, 6.07) is 3.65. The SMILES string of the molecule is CCC1CN(Cc2ccc(C(=O)O)s2)CCS1. The molecule has 0 spiro atoms. The van der Waals surface area contributed by atoms with Crippen LogP contribution in [0.5, 0.6) is 0 Å². The molecule has 1 aromatic rings. The smallest absolute Gasteiger partial charge is 0.345 e. The lowest BCUT2D eigenvalue weighted by atomic mass is 10.3. The van der Waals surface area contributed by atoms with Crippen LogP contribution in [0, 0.1) is 0 Å². The maximum absolute atomic E-state index is 10.8.